The minimum atomic E-state index is -0.688. The molecular weight excluding hydrogens is 661 g/mol. The maximum absolute atomic E-state index is 13.8. The summed E-state index contributed by atoms with van der Waals surface area (Å²) in [6.45, 7) is -0.668. The van der Waals surface area contributed by atoms with Gasteiger partial charge in [-0.25, -0.2) is 14.0 Å². The van der Waals surface area contributed by atoms with Gasteiger partial charge in [-0.15, -0.1) is 0 Å². The zero-order valence-corrected chi connectivity index (χ0v) is 24.1. The molecule has 3 aromatic rings. The van der Waals surface area contributed by atoms with Crippen molar-refractivity contribution in [3.05, 3.63) is 80.0 Å². The minimum absolute atomic E-state index is 0.0126. The number of hydrogen-bond donors (Lipinski definition) is 2. The van der Waals surface area contributed by atoms with Crippen molar-refractivity contribution in [1.29, 1.82) is 0 Å². The molecule has 1 saturated heterocycles. The van der Waals surface area contributed by atoms with E-state index in [0.717, 1.165) is 4.90 Å². The molecule has 11 nitrogen and oxygen atoms in total. The van der Waals surface area contributed by atoms with Crippen LogP contribution in [-0.4, -0.2) is 49.5 Å². The molecule has 0 atom stereocenters. The molecule has 0 spiro atoms. The molecule has 14 heteroatoms. The molecule has 1 aliphatic heterocycles. The first-order valence-corrected chi connectivity index (χ1v) is 13.0. The van der Waals surface area contributed by atoms with Gasteiger partial charge in [0.1, 0.15) is 17.3 Å². The van der Waals surface area contributed by atoms with Gasteiger partial charge in [-0.05, 0) is 73.8 Å². The number of esters is 1. The summed E-state index contributed by atoms with van der Waals surface area (Å²) in [5.74, 6) is -1.99. The number of nitrogens with one attached hydrogen (secondary N) is 2. The van der Waals surface area contributed by atoms with Gasteiger partial charge < -0.3 is 29.3 Å². The third-order valence-corrected chi connectivity index (χ3v) is 7.64. The monoisotopic (exact) mass is 679 g/mol. The number of hydrogen-bond acceptors (Lipinski definition) is 8. The molecule has 4 rings (SSSR count). The summed E-state index contributed by atoms with van der Waals surface area (Å²) in [4.78, 5) is 50.3. The predicted octanol–water partition coefficient (Wildman–Crippen LogP) is 4.85. The molecule has 1 aliphatic rings. The van der Waals surface area contributed by atoms with Gasteiger partial charge in [-0.2, -0.15) is 0 Å². The zero-order chi connectivity index (χ0) is 29.0. The Balaban J connectivity index is 1.50. The molecule has 2 aromatic carbocycles. The van der Waals surface area contributed by atoms with Gasteiger partial charge in [0.2, 0.25) is 5.76 Å². The highest BCUT2D eigenvalue weighted by molar-refractivity contribution is 9.13. The van der Waals surface area contributed by atoms with Crippen molar-refractivity contribution in [2.45, 2.75) is 6.54 Å². The second kappa shape index (κ2) is 12.3. The van der Waals surface area contributed by atoms with Crippen LogP contribution < -0.4 is 20.1 Å². The Morgan fingerprint density at radius 2 is 1.88 bits per heavy atom. The van der Waals surface area contributed by atoms with Gasteiger partial charge in [0.15, 0.2) is 18.1 Å². The van der Waals surface area contributed by atoms with Crippen molar-refractivity contribution in [3.63, 3.8) is 0 Å². The van der Waals surface area contributed by atoms with E-state index >= 15 is 0 Å². The van der Waals surface area contributed by atoms with E-state index in [4.69, 9.17) is 13.9 Å². The number of halogens is 3. The lowest BCUT2D eigenvalue weighted by Crippen LogP contribution is -2.30. The quantitative estimate of drug-likeness (QED) is 0.186. The fourth-order valence-electron chi connectivity index (χ4n) is 3.58. The highest BCUT2D eigenvalue weighted by atomic mass is 79.9. The molecule has 2 heterocycles. The lowest BCUT2D eigenvalue weighted by molar-refractivity contribution is -0.123. The van der Waals surface area contributed by atoms with Crippen LogP contribution in [0.1, 0.15) is 21.9 Å². The number of anilines is 1. The zero-order valence-electron chi connectivity index (χ0n) is 20.9. The largest absolute Gasteiger partial charge is 0.493 e. The molecule has 40 heavy (non-hydrogen) atoms. The summed E-state index contributed by atoms with van der Waals surface area (Å²) in [5.41, 5.74) is 0.416. The number of nitrogens with zero attached hydrogens (tertiary/aromatic N) is 1. The molecule has 1 fully saturated rings. The van der Waals surface area contributed by atoms with Crippen LogP contribution in [0.25, 0.3) is 6.08 Å². The topological polar surface area (TPSA) is 136 Å². The van der Waals surface area contributed by atoms with Crippen LogP contribution in [0.4, 0.5) is 14.9 Å². The molecule has 1 aromatic heterocycles. The number of amides is 4. The van der Waals surface area contributed by atoms with Gasteiger partial charge >= 0.3 is 12.0 Å². The molecule has 0 saturated carbocycles. The van der Waals surface area contributed by atoms with E-state index in [2.05, 4.69) is 47.2 Å². The first-order chi connectivity index (χ1) is 19.1. The summed E-state index contributed by atoms with van der Waals surface area (Å²) >= 11 is 6.82. The fraction of sp³-hybridized carbons (Fsp3) is 0.154. The second-order valence-corrected chi connectivity index (χ2v) is 9.66. The Hall–Kier alpha value is -4.17. The number of imide groups is 1. The average molecular weight is 681 g/mol. The lowest BCUT2D eigenvalue weighted by atomic mass is 10.1. The summed E-state index contributed by atoms with van der Waals surface area (Å²) < 4.78 is 35.6. The van der Waals surface area contributed by atoms with Crippen molar-refractivity contribution < 1.29 is 42.2 Å². The van der Waals surface area contributed by atoms with Crippen LogP contribution >= 0.6 is 31.9 Å². The normalized spacial score (nSPS) is 13.8. The van der Waals surface area contributed by atoms with Crippen LogP contribution in [0.3, 0.4) is 0 Å². The number of para-hydroxylation sites is 1. The maximum atomic E-state index is 13.8. The molecule has 0 aliphatic carbocycles. The van der Waals surface area contributed by atoms with Crippen LogP contribution in [-0.2, 0) is 20.9 Å². The third kappa shape index (κ3) is 6.18. The number of carbonyl (C=O) groups excluding carboxylic acids is 4. The number of benzene rings is 2. The van der Waals surface area contributed by atoms with E-state index in [0.29, 0.717) is 14.5 Å². The molecule has 208 valence electrons. The summed E-state index contributed by atoms with van der Waals surface area (Å²) in [6, 6.07) is 9.40. The van der Waals surface area contributed by atoms with Gasteiger partial charge in [0.25, 0.3) is 11.8 Å². The van der Waals surface area contributed by atoms with E-state index < -0.39 is 36.2 Å². The summed E-state index contributed by atoms with van der Waals surface area (Å²) in [7, 11) is 2.59. The number of ether oxygens (including phenoxy) is 3. The number of urea groups is 1. The first-order valence-electron chi connectivity index (χ1n) is 11.4. The van der Waals surface area contributed by atoms with Crippen LogP contribution in [0.2, 0.25) is 0 Å². The SMILES string of the molecule is COC(=O)c1ccc(CN2C(=O)N/C(=C\c3cc(OC)c(OCC(=O)Nc4ccccc4F)c(Br)c3Br)C2=O)o1. The Labute approximate surface area is 243 Å². The summed E-state index contributed by atoms with van der Waals surface area (Å²) in [6.07, 6.45) is 1.42. The number of carbonyl (C=O) groups is 4. The molecular formula is C26H20Br2FN3O8. The lowest BCUT2D eigenvalue weighted by Gasteiger charge is -2.15. The molecule has 0 bridgehead atoms. The van der Waals surface area contributed by atoms with E-state index in [9.17, 15) is 23.6 Å². The van der Waals surface area contributed by atoms with Crippen LogP contribution in [0, 0.1) is 5.82 Å². The molecule has 0 radical (unpaired) electrons. The maximum Gasteiger partial charge on any atom is 0.373 e. The Morgan fingerprint density at radius 1 is 1.12 bits per heavy atom. The highest BCUT2D eigenvalue weighted by Gasteiger charge is 2.35. The van der Waals surface area contributed by atoms with Crippen molar-refractivity contribution in [1.82, 2.24) is 10.2 Å². The van der Waals surface area contributed by atoms with Crippen LogP contribution in [0.5, 0.6) is 11.5 Å². The van der Waals surface area contributed by atoms with Crippen molar-refractivity contribution in [2.75, 3.05) is 26.1 Å². The Kier molecular flexibility index (Phi) is 8.90. The van der Waals surface area contributed by atoms with E-state index in [-0.39, 0.29) is 40.9 Å². The highest BCUT2D eigenvalue weighted by Crippen LogP contribution is 2.43. The standard InChI is InChI=1S/C26H20Br2FN3O8/c1-37-19-10-13(21(27)22(28)23(19)39-12-20(33)30-16-6-4-3-5-15(16)29)9-17-24(34)32(26(36)31-17)11-14-7-8-18(40-14)25(35)38-2/h3-10H,11-12H2,1-2H3,(H,30,33)(H,31,36)/b17-9-. The van der Waals surface area contributed by atoms with Gasteiger partial charge in [0.05, 0.1) is 30.9 Å². The predicted molar refractivity (Wildman–Crippen MR) is 146 cm³/mol. The minimum Gasteiger partial charge on any atom is -0.493 e. The van der Waals surface area contributed by atoms with Gasteiger partial charge in [-0.1, -0.05) is 12.1 Å². The van der Waals surface area contributed by atoms with Crippen molar-refractivity contribution in [2.24, 2.45) is 0 Å². The Morgan fingerprint density at radius 3 is 2.58 bits per heavy atom. The number of rotatable bonds is 9. The first kappa shape index (κ1) is 28.8. The van der Waals surface area contributed by atoms with E-state index in [1.807, 2.05) is 0 Å². The van der Waals surface area contributed by atoms with Crippen molar-refractivity contribution >= 4 is 67.4 Å². The summed E-state index contributed by atoms with van der Waals surface area (Å²) in [5, 5.41) is 4.93. The van der Waals surface area contributed by atoms with E-state index in [1.165, 1.54) is 56.7 Å². The average Bonchev–Trinajstić information content (AvgIpc) is 3.51. The second-order valence-electron chi connectivity index (χ2n) is 8.08. The molecule has 2 N–H and O–H groups in total. The van der Waals surface area contributed by atoms with E-state index in [1.54, 1.807) is 6.07 Å². The molecule has 0 unspecified atom stereocenters. The van der Waals surface area contributed by atoms with Crippen LogP contribution in [0.15, 0.2) is 61.5 Å². The number of furan rings is 1. The van der Waals surface area contributed by atoms with Gasteiger partial charge in [0, 0.05) is 4.47 Å². The van der Waals surface area contributed by atoms with Gasteiger partial charge in [-0.3, -0.25) is 14.5 Å². The molecule has 4 amide bonds. The number of methoxy groups -OCH3 is 2. The smallest absolute Gasteiger partial charge is 0.373 e. The van der Waals surface area contributed by atoms with Crippen molar-refractivity contribution in [3.8, 4) is 11.5 Å². The Bertz CT molecular complexity index is 1540. The third-order valence-electron chi connectivity index (χ3n) is 5.50. The fourth-order valence-corrected chi connectivity index (χ4v) is 4.53.